The zero-order valence-electron chi connectivity index (χ0n) is 17.6. The van der Waals surface area contributed by atoms with Crippen molar-refractivity contribution in [1.29, 1.82) is 0 Å². The first-order valence-corrected chi connectivity index (χ1v) is 11.1. The lowest BCUT2D eigenvalue weighted by Crippen LogP contribution is -2.40. The molecule has 0 radical (unpaired) electrons. The van der Waals surface area contributed by atoms with Gasteiger partial charge in [-0.05, 0) is 66.2 Å². The number of hydrogen-bond donors (Lipinski definition) is 1. The Morgan fingerprint density at radius 3 is 1.94 bits per heavy atom. The number of benzene rings is 3. The smallest absolute Gasteiger partial charge is 0.264 e. The van der Waals surface area contributed by atoms with Gasteiger partial charge in [0.25, 0.3) is 10.0 Å². The molecule has 0 unspecified atom stereocenters. The van der Waals surface area contributed by atoms with Crippen molar-refractivity contribution in [2.75, 3.05) is 25.1 Å². The summed E-state index contributed by atoms with van der Waals surface area (Å²) in [6.07, 6.45) is 0. The Balaban J connectivity index is 1.82. The van der Waals surface area contributed by atoms with Gasteiger partial charge in [0, 0.05) is 6.54 Å². The molecule has 0 aromatic heterocycles. The maximum Gasteiger partial charge on any atom is 0.264 e. The number of carbonyl (C=O) groups is 1. The summed E-state index contributed by atoms with van der Waals surface area (Å²) in [6.45, 7) is -0.265. The van der Waals surface area contributed by atoms with Gasteiger partial charge in [-0.1, -0.05) is 12.1 Å². The number of nitrogens with one attached hydrogen (secondary N) is 1. The zero-order valence-corrected chi connectivity index (χ0v) is 18.4. The number of anilines is 1. The Morgan fingerprint density at radius 1 is 0.875 bits per heavy atom. The summed E-state index contributed by atoms with van der Waals surface area (Å²) in [5.41, 5.74) is 0.993. The number of rotatable bonds is 9. The number of ether oxygens (including phenoxy) is 2. The van der Waals surface area contributed by atoms with Gasteiger partial charge in [-0.15, -0.1) is 0 Å². The zero-order chi connectivity index (χ0) is 23.1. The first kappa shape index (κ1) is 23.1. The molecule has 9 heteroatoms. The Bertz CT molecular complexity index is 1150. The fraction of sp³-hybridized carbons (Fsp3) is 0.174. The SMILES string of the molecule is COc1ccc(CNC(=O)CN(c2ccc(F)cc2)S(=O)(=O)c2ccc(OC)cc2)cc1. The molecule has 1 amide bonds. The molecule has 0 aliphatic carbocycles. The van der Waals surface area contributed by atoms with Crippen molar-refractivity contribution >= 4 is 21.6 Å². The summed E-state index contributed by atoms with van der Waals surface area (Å²) < 4.78 is 51.1. The van der Waals surface area contributed by atoms with Crippen molar-refractivity contribution < 1.29 is 27.1 Å². The minimum absolute atomic E-state index is 0.0226. The highest BCUT2D eigenvalue weighted by molar-refractivity contribution is 7.92. The molecule has 3 rings (SSSR count). The van der Waals surface area contributed by atoms with Crippen LogP contribution in [0.2, 0.25) is 0 Å². The molecule has 1 N–H and O–H groups in total. The average molecular weight is 459 g/mol. The Kier molecular flexibility index (Phi) is 7.32. The van der Waals surface area contributed by atoms with E-state index in [2.05, 4.69) is 5.32 Å². The van der Waals surface area contributed by atoms with E-state index in [0.717, 1.165) is 22.0 Å². The van der Waals surface area contributed by atoms with Gasteiger partial charge in [0.1, 0.15) is 23.9 Å². The van der Waals surface area contributed by atoms with Gasteiger partial charge in [0.2, 0.25) is 5.91 Å². The molecule has 0 atom stereocenters. The van der Waals surface area contributed by atoms with Gasteiger partial charge in [0.05, 0.1) is 24.8 Å². The van der Waals surface area contributed by atoms with Crippen molar-refractivity contribution in [2.24, 2.45) is 0 Å². The van der Waals surface area contributed by atoms with E-state index in [1.165, 1.54) is 43.5 Å². The molecule has 0 aliphatic heterocycles. The van der Waals surface area contributed by atoms with Crippen LogP contribution in [0.3, 0.4) is 0 Å². The molecule has 3 aromatic carbocycles. The van der Waals surface area contributed by atoms with Crippen molar-refractivity contribution in [3.05, 3.63) is 84.2 Å². The molecule has 0 spiro atoms. The molecule has 0 bridgehead atoms. The monoisotopic (exact) mass is 458 g/mol. The third-order valence-corrected chi connectivity index (χ3v) is 6.49. The van der Waals surface area contributed by atoms with Crippen LogP contribution < -0.4 is 19.1 Å². The van der Waals surface area contributed by atoms with Crippen LogP contribution in [0.5, 0.6) is 11.5 Å². The number of nitrogens with zero attached hydrogens (tertiary/aromatic N) is 1. The van der Waals surface area contributed by atoms with E-state index in [4.69, 9.17) is 9.47 Å². The summed E-state index contributed by atoms with van der Waals surface area (Å²) in [4.78, 5) is 12.6. The van der Waals surface area contributed by atoms with Crippen LogP contribution in [-0.4, -0.2) is 35.1 Å². The number of hydrogen-bond acceptors (Lipinski definition) is 5. The van der Waals surface area contributed by atoms with Crippen LogP contribution >= 0.6 is 0 Å². The molecule has 0 heterocycles. The van der Waals surface area contributed by atoms with Crippen molar-refractivity contribution in [3.8, 4) is 11.5 Å². The molecule has 0 saturated carbocycles. The first-order chi connectivity index (χ1) is 15.3. The highest BCUT2D eigenvalue weighted by atomic mass is 32.2. The molecule has 0 fully saturated rings. The van der Waals surface area contributed by atoms with Crippen LogP contribution in [0.15, 0.2) is 77.7 Å². The van der Waals surface area contributed by atoms with Gasteiger partial charge >= 0.3 is 0 Å². The van der Waals surface area contributed by atoms with E-state index in [1.54, 1.807) is 31.4 Å². The Hall–Kier alpha value is -3.59. The molecule has 3 aromatic rings. The first-order valence-electron chi connectivity index (χ1n) is 9.65. The lowest BCUT2D eigenvalue weighted by molar-refractivity contribution is -0.119. The van der Waals surface area contributed by atoms with Crippen LogP contribution in [-0.2, 0) is 21.4 Å². The average Bonchev–Trinajstić information content (AvgIpc) is 2.82. The summed E-state index contributed by atoms with van der Waals surface area (Å²) in [6, 6.07) is 17.8. The minimum atomic E-state index is -4.10. The third-order valence-electron chi connectivity index (χ3n) is 4.70. The standard InChI is InChI=1S/C23H23FN2O5S/c1-30-20-9-3-17(4-10-20)15-25-23(27)16-26(19-7-5-18(24)6-8-19)32(28,29)22-13-11-21(31-2)12-14-22/h3-14H,15-16H2,1-2H3,(H,25,27). The fourth-order valence-electron chi connectivity index (χ4n) is 2.93. The van der Waals surface area contributed by atoms with E-state index in [1.807, 2.05) is 0 Å². The lowest BCUT2D eigenvalue weighted by atomic mass is 10.2. The van der Waals surface area contributed by atoms with Crippen LogP contribution in [0.4, 0.5) is 10.1 Å². The maximum atomic E-state index is 13.4. The summed E-state index contributed by atoms with van der Waals surface area (Å²) >= 11 is 0. The van der Waals surface area contributed by atoms with Gasteiger partial charge in [0.15, 0.2) is 0 Å². The minimum Gasteiger partial charge on any atom is -0.497 e. The summed E-state index contributed by atoms with van der Waals surface area (Å²) in [5.74, 6) is 0.157. The molecule has 0 saturated heterocycles. The predicted molar refractivity (Wildman–Crippen MR) is 119 cm³/mol. The number of carbonyl (C=O) groups excluding carboxylic acids is 1. The largest absolute Gasteiger partial charge is 0.497 e. The van der Waals surface area contributed by atoms with Gasteiger partial charge < -0.3 is 14.8 Å². The highest BCUT2D eigenvalue weighted by Gasteiger charge is 2.27. The second kappa shape index (κ2) is 10.1. The van der Waals surface area contributed by atoms with Crippen LogP contribution in [0.1, 0.15) is 5.56 Å². The second-order valence-corrected chi connectivity index (χ2v) is 8.65. The fourth-order valence-corrected chi connectivity index (χ4v) is 4.35. The van der Waals surface area contributed by atoms with Crippen molar-refractivity contribution in [1.82, 2.24) is 5.32 Å². The van der Waals surface area contributed by atoms with Crippen LogP contribution in [0.25, 0.3) is 0 Å². The van der Waals surface area contributed by atoms with E-state index >= 15 is 0 Å². The quantitative estimate of drug-likeness (QED) is 0.532. The third kappa shape index (κ3) is 5.55. The van der Waals surface area contributed by atoms with Crippen molar-refractivity contribution in [3.63, 3.8) is 0 Å². The van der Waals surface area contributed by atoms with E-state index in [9.17, 15) is 17.6 Å². The van der Waals surface area contributed by atoms with E-state index in [-0.39, 0.29) is 17.1 Å². The highest BCUT2D eigenvalue weighted by Crippen LogP contribution is 2.25. The Labute approximate surface area is 186 Å². The van der Waals surface area contributed by atoms with Crippen LogP contribution in [0, 0.1) is 5.82 Å². The summed E-state index contributed by atoms with van der Waals surface area (Å²) in [7, 11) is -1.07. The lowest BCUT2D eigenvalue weighted by Gasteiger charge is -2.24. The molecular weight excluding hydrogens is 435 g/mol. The van der Waals surface area contributed by atoms with Gasteiger partial charge in [-0.2, -0.15) is 0 Å². The maximum absolute atomic E-state index is 13.4. The number of halogens is 1. The van der Waals surface area contributed by atoms with Gasteiger partial charge in [-0.3, -0.25) is 9.10 Å². The molecule has 32 heavy (non-hydrogen) atoms. The Morgan fingerprint density at radius 2 is 1.41 bits per heavy atom. The molecule has 168 valence electrons. The van der Waals surface area contributed by atoms with Gasteiger partial charge in [-0.25, -0.2) is 12.8 Å². The number of amides is 1. The summed E-state index contributed by atoms with van der Waals surface area (Å²) in [5, 5.41) is 2.71. The normalized spacial score (nSPS) is 11.0. The van der Waals surface area contributed by atoms with E-state index in [0.29, 0.717) is 11.5 Å². The topological polar surface area (TPSA) is 84.9 Å². The number of methoxy groups -OCH3 is 2. The molecule has 0 aliphatic rings. The number of sulfonamides is 1. The van der Waals surface area contributed by atoms with E-state index < -0.39 is 28.3 Å². The predicted octanol–water partition coefficient (Wildman–Crippen LogP) is 3.35. The molecule has 7 nitrogen and oxygen atoms in total. The second-order valence-electron chi connectivity index (χ2n) is 6.79. The van der Waals surface area contributed by atoms with Crippen molar-refractivity contribution in [2.45, 2.75) is 11.4 Å². The molecular formula is C23H23FN2O5S.